The van der Waals surface area contributed by atoms with E-state index < -0.39 is 0 Å². The lowest BCUT2D eigenvalue weighted by atomic mass is 9.99. The lowest BCUT2D eigenvalue weighted by molar-refractivity contribution is 0.289. The highest BCUT2D eigenvalue weighted by atomic mass is 16.5. The number of terminal acetylenes is 2. The molecule has 0 atom stereocenters. The summed E-state index contributed by atoms with van der Waals surface area (Å²) < 4.78 is 12.5. The van der Waals surface area contributed by atoms with Crippen LogP contribution in [0.2, 0.25) is 0 Å². The molecule has 0 aliphatic carbocycles. The molecule has 0 radical (unpaired) electrons. The topological polar surface area (TPSA) is 24.9 Å². The van der Waals surface area contributed by atoms with Crippen molar-refractivity contribution in [3.63, 3.8) is 0 Å². The lowest BCUT2D eigenvalue weighted by Crippen LogP contribution is -2.32. The molecule has 2 aliphatic rings. The highest BCUT2D eigenvalue weighted by molar-refractivity contribution is 5.95. The van der Waals surface area contributed by atoms with E-state index in [9.17, 15) is 0 Å². The van der Waals surface area contributed by atoms with Crippen LogP contribution in [0.4, 0.5) is 11.4 Å². The maximum atomic E-state index is 6.27. The summed E-state index contributed by atoms with van der Waals surface area (Å²) >= 11 is 0. The second-order valence-electron chi connectivity index (χ2n) is 8.53. The summed E-state index contributed by atoms with van der Waals surface area (Å²) in [5, 5.41) is 2.16. The molecular weight excluding hydrogens is 420 g/mol. The largest absolute Gasteiger partial charge is 0.472 e. The Morgan fingerprint density at radius 1 is 0.618 bits per heavy atom. The van der Waals surface area contributed by atoms with Crippen LogP contribution in [0.3, 0.4) is 0 Å². The first-order valence-electron chi connectivity index (χ1n) is 11.2. The molecular formula is C30H22N2O2. The average Bonchev–Trinajstić information content (AvgIpc) is 2.92. The van der Waals surface area contributed by atoms with Crippen LogP contribution in [-0.4, -0.2) is 13.5 Å². The molecule has 0 N–H and O–H groups in total. The SMILES string of the molecule is C#Cc1cccc(N2COc3c(ccc4c5c(ccc34)CN(c3cccc(C#C)c3)CO5)C2)c1. The van der Waals surface area contributed by atoms with Gasteiger partial charge in [0.2, 0.25) is 0 Å². The molecule has 2 aliphatic heterocycles. The van der Waals surface area contributed by atoms with Gasteiger partial charge in [-0.25, -0.2) is 0 Å². The van der Waals surface area contributed by atoms with Gasteiger partial charge in [0.05, 0.1) is 0 Å². The quantitative estimate of drug-likeness (QED) is 0.382. The third-order valence-electron chi connectivity index (χ3n) is 6.47. The van der Waals surface area contributed by atoms with E-state index in [4.69, 9.17) is 22.3 Å². The summed E-state index contributed by atoms with van der Waals surface area (Å²) in [6.45, 7) is 2.46. The molecule has 0 spiro atoms. The van der Waals surface area contributed by atoms with E-state index in [2.05, 4.69) is 58.0 Å². The number of hydrogen-bond donors (Lipinski definition) is 0. The summed E-state index contributed by atoms with van der Waals surface area (Å²) in [5.41, 5.74) is 6.14. The summed E-state index contributed by atoms with van der Waals surface area (Å²) in [5.74, 6) is 7.27. The minimum Gasteiger partial charge on any atom is -0.472 e. The third kappa shape index (κ3) is 3.38. The number of ether oxygens (including phenoxy) is 2. The molecule has 6 rings (SSSR count). The van der Waals surface area contributed by atoms with Crippen molar-refractivity contribution in [3.05, 3.63) is 95.1 Å². The summed E-state index contributed by atoms with van der Waals surface area (Å²) in [6.07, 6.45) is 11.1. The highest BCUT2D eigenvalue weighted by Crippen LogP contribution is 2.42. The fourth-order valence-electron chi connectivity index (χ4n) is 4.73. The predicted octanol–water partition coefficient (Wildman–Crippen LogP) is 5.52. The molecule has 2 heterocycles. The van der Waals surface area contributed by atoms with Gasteiger partial charge >= 0.3 is 0 Å². The second-order valence-corrected chi connectivity index (χ2v) is 8.53. The second kappa shape index (κ2) is 8.10. The lowest BCUT2D eigenvalue weighted by Gasteiger charge is -2.33. The number of hydrogen-bond acceptors (Lipinski definition) is 4. The van der Waals surface area contributed by atoms with E-state index in [1.54, 1.807) is 0 Å². The van der Waals surface area contributed by atoms with Crippen molar-refractivity contribution < 1.29 is 9.47 Å². The molecule has 0 aromatic heterocycles. The number of anilines is 2. The molecule has 34 heavy (non-hydrogen) atoms. The number of rotatable bonds is 2. The van der Waals surface area contributed by atoms with Gasteiger partial charge < -0.3 is 19.3 Å². The molecule has 4 aromatic rings. The Balaban J connectivity index is 1.31. The minimum absolute atomic E-state index is 0.470. The fraction of sp³-hybridized carbons (Fsp3) is 0.133. The molecule has 0 fully saturated rings. The van der Waals surface area contributed by atoms with Crippen LogP contribution in [0.5, 0.6) is 11.5 Å². The zero-order valence-electron chi connectivity index (χ0n) is 18.6. The molecule has 0 saturated heterocycles. The maximum absolute atomic E-state index is 6.27. The van der Waals surface area contributed by atoms with E-state index in [1.807, 2.05) is 36.4 Å². The van der Waals surface area contributed by atoms with Crippen molar-refractivity contribution in [1.82, 2.24) is 0 Å². The first kappa shape index (κ1) is 20.1. The Labute approximate surface area is 199 Å². The smallest absolute Gasteiger partial charge is 0.161 e. The average molecular weight is 443 g/mol. The normalized spacial score (nSPS) is 14.3. The summed E-state index contributed by atoms with van der Waals surface area (Å²) in [4.78, 5) is 4.37. The van der Waals surface area contributed by atoms with Crippen molar-refractivity contribution in [2.45, 2.75) is 13.1 Å². The number of fused-ring (bicyclic) bond motifs is 5. The summed E-state index contributed by atoms with van der Waals surface area (Å²) in [6, 6.07) is 24.6. The van der Waals surface area contributed by atoms with Gasteiger partial charge in [-0.1, -0.05) is 48.2 Å². The van der Waals surface area contributed by atoms with Gasteiger partial charge in [-0.15, -0.1) is 12.8 Å². The zero-order valence-corrected chi connectivity index (χ0v) is 18.6. The van der Waals surface area contributed by atoms with Crippen molar-refractivity contribution in [2.75, 3.05) is 23.3 Å². The minimum atomic E-state index is 0.470. The van der Waals surface area contributed by atoms with Gasteiger partial charge in [-0.05, 0) is 36.4 Å². The molecule has 4 heteroatoms. The monoisotopic (exact) mass is 442 g/mol. The highest BCUT2D eigenvalue weighted by Gasteiger charge is 2.25. The standard InChI is InChI=1S/C30H22N2O2/c1-3-21-7-5-9-25(15-21)31-17-23-11-13-28-27(29(23)33-19-31)14-12-24-18-32(20-34-30(24)28)26-10-6-8-22(4-2)16-26/h1-2,5-16H,17-20H2. The van der Waals surface area contributed by atoms with Crippen molar-refractivity contribution in [3.8, 4) is 36.2 Å². The summed E-state index contributed by atoms with van der Waals surface area (Å²) in [7, 11) is 0. The first-order valence-corrected chi connectivity index (χ1v) is 11.2. The van der Waals surface area contributed by atoms with Gasteiger partial charge in [0.25, 0.3) is 0 Å². The van der Waals surface area contributed by atoms with E-state index in [0.717, 1.165) is 69.0 Å². The van der Waals surface area contributed by atoms with Crippen molar-refractivity contribution in [2.24, 2.45) is 0 Å². The van der Waals surface area contributed by atoms with Gasteiger partial charge in [-0.3, -0.25) is 0 Å². The van der Waals surface area contributed by atoms with Crippen LogP contribution >= 0.6 is 0 Å². The van der Waals surface area contributed by atoms with E-state index >= 15 is 0 Å². The van der Waals surface area contributed by atoms with Crippen LogP contribution in [0.25, 0.3) is 10.8 Å². The molecule has 0 unspecified atom stereocenters. The molecule has 4 nitrogen and oxygen atoms in total. The van der Waals surface area contributed by atoms with Gasteiger partial charge in [0.1, 0.15) is 11.5 Å². The number of nitrogens with zero attached hydrogens (tertiary/aromatic N) is 2. The zero-order chi connectivity index (χ0) is 23.1. The van der Waals surface area contributed by atoms with Crippen LogP contribution in [0.1, 0.15) is 22.3 Å². The van der Waals surface area contributed by atoms with E-state index in [1.165, 1.54) is 0 Å². The Morgan fingerprint density at radius 3 is 1.53 bits per heavy atom. The molecule has 0 amide bonds. The molecule has 0 saturated carbocycles. The fourth-order valence-corrected chi connectivity index (χ4v) is 4.73. The van der Waals surface area contributed by atoms with Crippen molar-refractivity contribution in [1.29, 1.82) is 0 Å². The van der Waals surface area contributed by atoms with Gasteiger partial charge in [0.15, 0.2) is 13.5 Å². The van der Waals surface area contributed by atoms with Crippen LogP contribution in [0, 0.1) is 24.7 Å². The van der Waals surface area contributed by atoms with Crippen LogP contribution in [0.15, 0.2) is 72.8 Å². The number of benzene rings is 4. The first-order chi connectivity index (χ1) is 16.7. The molecule has 4 aromatic carbocycles. The predicted molar refractivity (Wildman–Crippen MR) is 136 cm³/mol. The van der Waals surface area contributed by atoms with Gasteiger partial charge in [-0.2, -0.15) is 0 Å². The van der Waals surface area contributed by atoms with E-state index in [-0.39, 0.29) is 0 Å². The molecule has 0 bridgehead atoms. The van der Waals surface area contributed by atoms with Crippen LogP contribution < -0.4 is 19.3 Å². The van der Waals surface area contributed by atoms with Crippen molar-refractivity contribution >= 4 is 22.1 Å². The Kier molecular flexibility index (Phi) is 4.79. The van der Waals surface area contributed by atoms with Crippen LogP contribution in [-0.2, 0) is 13.1 Å². The Morgan fingerprint density at radius 2 is 1.09 bits per heavy atom. The van der Waals surface area contributed by atoms with Gasteiger partial charge in [0, 0.05) is 57.5 Å². The van der Waals surface area contributed by atoms with E-state index in [0.29, 0.717) is 13.5 Å². The third-order valence-corrected chi connectivity index (χ3v) is 6.47. The maximum Gasteiger partial charge on any atom is 0.161 e. The molecule has 164 valence electrons. The Bertz CT molecular complexity index is 1390. The Hall–Kier alpha value is -4.54.